The van der Waals surface area contributed by atoms with Crippen molar-refractivity contribution in [2.75, 3.05) is 13.6 Å². The first-order valence-electron chi connectivity index (χ1n) is 4.58. The van der Waals surface area contributed by atoms with E-state index in [2.05, 4.69) is 10.3 Å². The predicted molar refractivity (Wildman–Crippen MR) is 58.0 cm³/mol. The molecule has 0 aliphatic rings. The standard InChI is InChI=1S/C11H14N2O/c1-3-13-11(14)10-6-4-9(5-7-10)8-12-2/h4-8H,3H2,1-2H3,(H,13,14). The number of nitrogens with zero attached hydrogens (tertiary/aromatic N) is 1. The number of aliphatic imine (C=N–C) groups is 1. The average molecular weight is 190 g/mol. The van der Waals surface area contributed by atoms with Gasteiger partial charge in [0.15, 0.2) is 0 Å². The summed E-state index contributed by atoms with van der Waals surface area (Å²) >= 11 is 0. The highest BCUT2D eigenvalue weighted by molar-refractivity contribution is 5.94. The lowest BCUT2D eigenvalue weighted by Crippen LogP contribution is -2.22. The monoisotopic (exact) mass is 190 g/mol. The van der Waals surface area contributed by atoms with Crippen molar-refractivity contribution >= 4 is 12.1 Å². The van der Waals surface area contributed by atoms with E-state index in [1.165, 1.54) is 0 Å². The van der Waals surface area contributed by atoms with E-state index in [9.17, 15) is 4.79 Å². The molecule has 0 unspecified atom stereocenters. The van der Waals surface area contributed by atoms with Gasteiger partial charge in [-0.2, -0.15) is 0 Å². The van der Waals surface area contributed by atoms with Crippen molar-refractivity contribution in [2.24, 2.45) is 4.99 Å². The summed E-state index contributed by atoms with van der Waals surface area (Å²) in [5.41, 5.74) is 1.68. The van der Waals surface area contributed by atoms with E-state index in [1.54, 1.807) is 25.4 Å². The summed E-state index contributed by atoms with van der Waals surface area (Å²) in [5.74, 6) is -0.0347. The Morgan fingerprint density at radius 3 is 2.57 bits per heavy atom. The second-order valence-corrected chi connectivity index (χ2v) is 2.87. The van der Waals surface area contributed by atoms with Crippen LogP contribution in [0.1, 0.15) is 22.8 Å². The highest BCUT2D eigenvalue weighted by Crippen LogP contribution is 2.02. The minimum Gasteiger partial charge on any atom is -0.352 e. The van der Waals surface area contributed by atoms with E-state index in [0.29, 0.717) is 12.1 Å². The van der Waals surface area contributed by atoms with Gasteiger partial charge in [-0.1, -0.05) is 12.1 Å². The molecule has 0 aliphatic heterocycles. The van der Waals surface area contributed by atoms with Gasteiger partial charge in [-0.05, 0) is 24.6 Å². The molecule has 1 aromatic rings. The van der Waals surface area contributed by atoms with Crippen LogP contribution in [-0.4, -0.2) is 25.7 Å². The summed E-state index contributed by atoms with van der Waals surface area (Å²) in [4.78, 5) is 15.3. The van der Waals surface area contributed by atoms with E-state index < -0.39 is 0 Å². The number of carbonyl (C=O) groups is 1. The van der Waals surface area contributed by atoms with Crippen LogP contribution in [0.5, 0.6) is 0 Å². The van der Waals surface area contributed by atoms with E-state index in [-0.39, 0.29) is 5.91 Å². The van der Waals surface area contributed by atoms with Crippen molar-refractivity contribution in [1.29, 1.82) is 0 Å². The summed E-state index contributed by atoms with van der Waals surface area (Å²) in [5, 5.41) is 2.74. The number of hydrogen-bond donors (Lipinski definition) is 1. The van der Waals surface area contributed by atoms with Gasteiger partial charge in [-0.3, -0.25) is 9.79 Å². The molecule has 0 aromatic heterocycles. The number of benzene rings is 1. The Bertz CT molecular complexity index is 328. The Morgan fingerprint density at radius 2 is 2.07 bits per heavy atom. The van der Waals surface area contributed by atoms with Crippen LogP contribution in [0.2, 0.25) is 0 Å². The third-order valence-electron chi connectivity index (χ3n) is 1.79. The molecule has 0 bridgehead atoms. The smallest absolute Gasteiger partial charge is 0.251 e. The van der Waals surface area contributed by atoms with Gasteiger partial charge >= 0.3 is 0 Å². The molecule has 1 rings (SSSR count). The van der Waals surface area contributed by atoms with Gasteiger partial charge in [0.2, 0.25) is 0 Å². The third kappa shape index (κ3) is 2.69. The van der Waals surface area contributed by atoms with E-state index >= 15 is 0 Å². The second-order valence-electron chi connectivity index (χ2n) is 2.87. The fourth-order valence-corrected chi connectivity index (χ4v) is 1.13. The van der Waals surface area contributed by atoms with Crippen molar-refractivity contribution in [3.8, 4) is 0 Å². The SMILES string of the molecule is CCNC(=O)c1ccc(C=NC)cc1. The molecule has 0 radical (unpaired) electrons. The molecular formula is C11H14N2O. The number of rotatable bonds is 3. The molecular weight excluding hydrogens is 176 g/mol. The molecule has 0 saturated carbocycles. The first kappa shape index (κ1) is 10.4. The Kier molecular flexibility index (Phi) is 3.85. The topological polar surface area (TPSA) is 41.5 Å². The Labute approximate surface area is 83.9 Å². The fraction of sp³-hybridized carbons (Fsp3) is 0.273. The summed E-state index contributed by atoms with van der Waals surface area (Å²) in [6, 6.07) is 7.33. The van der Waals surface area contributed by atoms with Gasteiger partial charge in [0.25, 0.3) is 5.91 Å². The maximum absolute atomic E-state index is 11.4. The van der Waals surface area contributed by atoms with E-state index in [0.717, 1.165) is 5.56 Å². The van der Waals surface area contributed by atoms with Gasteiger partial charge in [0.1, 0.15) is 0 Å². The summed E-state index contributed by atoms with van der Waals surface area (Å²) in [6.45, 7) is 2.55. The van der Waals surface area contributed by atoms with E-state index in [4.69, 9.17) is 0 Å². The highest BCUT2D eigenvalue weighted by atomic mass is 16.1. The molecule has 14 heavy (non-hydrogen) atoms. The van der Waals surface area contributed by atoms with Crippen molar-refractivity contribution in [2.45, 2.75) is 6.92 Å². The van der Waals surface area contributed by atoms with Crippen LogP contribution >= 0.6 is 0 Å². The van der Waals surface area contributed by atoms with Gasteiger partial charge in [-0.25, -0.2) is 0 Å². The molecule has 1 aromatic carbocycles. The Morgan fingerprint density at radius 1 is 1.43 bits per heavy atom. The van der Waals surface area contributed by atoms with Crippen LogP contribution < -0.4 is 5.32 Å². The normalized spacial score (nSPS) is 10.4. The maximum Gasteiger partial charge on any atom is 0.251 e. The predicted octanol–water partition coefficient (Wildman–Crippen LogP) is 1.49. The largest absolute Gasteiger partial charge is 0.352 e. The van der Waals surface area contributed by atoms with Crippen LogP contribution in [-0.2, 0) is 0 Å². The van der Waals surface area contributed by atoms with Gasteiger partial charge in [0.05, 0.1) is 0 Å². The zero-order chi connectivity index (χ0) is 10.4. The summed E-state index contributed by atoms with van der Waals surface area (Å²) in [7, 11) is 1.72. The number of carbonyl (C=O) groups excluding carboxylic acids is 1. The first-order valence-corrected chi connectivity index (χ1v) is 4.58. The molecule has 1 N–H and O–H groups in total. The molecule has 0 aliphatic carbocycles. The molecule has 0 spiro atoms. The number of nitrogens with one attached hydrogen (secondary N) is 1. The minimum absolute atomic E-state index is 0.0347. The van der Waals surface area contributed by atoms with Crippen molar-refractivity contribution < 1.29 is 4.79 Å². The zero-order valence-electron chi connectivity index (χ0n) is 8.45. The second kappa shape index (κ2) is 5.17. The highest BCUT2D eigenvalue weighted by Gasteiger charge is 2.01. The third-order valence-corrected chi connectivity index (χ3v) is 1.79. The quantitative estimate of drug-likeness (QED) is 0.721. The molecule has 0 fully saturated rings. The summed E-state index contributed by atoms with van der Waals surface area (Å²) < 4.78 is 0. The molecule has 0 heterocycles. The van der Waals surface area contributed by atoms with Gasteiger partial charge < -0.3 is 5.32 Å². The Balaban J connectivity index is 2.77. The van der Waals surface area contributed by atoms with Crippen molar-refractivity contribution in [3.63, 3.8) is 0 Å². The van der Waals surface area contributed by atoms with Crippen molar-refractivity contribution in [3.05, 3.63) is 35.4 Å². The van der Waals surface area contributed by atoms with Crippen LogP contribution in [0.15, 0.2) is 29.3 Å². The lowest BCUT2D eigenvalue weighted by Gasteiger charge is -2.01. The average Bonchev–Trinajstić information content (AvgIpc) is 2.20. The van der Waals surface area contributed by atoms with Gasteiger partial charge in [-0.15, -0.1) is 0 Å². The van der Waals surface area contributed by atoms with Crippen molar-refractivity contribution in [1.82, 2.24) is 5.32 Å². The molecule has 3 heteroatoms. The number of amides is 1. The zero-order valence-corrected chi connectivity index (χ0v) is 8.45. The molecule has 0 saturated heterocycles. The molecule has 74 valence electrons. The number of hydrogen-bond acceptors (Lipinski definition) is 2. The van der Waals surface area contributed by atoms with Crippen LogP contribution in [0, 0.1) is 0 Å². The van der Waals surface area contributed by atoms with Crippen LogP contribution in [0.3, 0.4) is 0 Å². The lowest BCUT2D eigenvalue weighted by molar-refractivity contribution is 0.0956. The minimum atomic E-state index is -0.0347. The van der Waals surface area contributed by atoms with E-state index in [1.807, 2.05) is 19.1 Å². The fourth-order valence-electron chi connectivity index (χ4n) is 1.13. The lowest BCUT2D eigenvalue weighted by atomic mass is 10.1. The van der Waals surface area contributed by atoms with Crippen LogP contribution in [0.25, 0.3) is 0 Å². The molecule has 1 amide bonds. The van der Waals surface area contributed by atoms with Gasteiger partial charge in [0, 0.05) is 25.4 Å². The molecule has 3 nitrogen and oxygen atoms in total. The maximum atomic E-state index is 11.4. The van der Waals surface area contributed by atoms with Crippen LogP contribution in [0.4, 0.5) is 0 Å². The first-order chi connectivity index (χ1) is 6.77. The summed E-state index contributed by atoms with van der Waals surface area (Å²) in [6.07, 6.45) is 1.75. The Hall–Kier alpha value is -1.64. The molecule has 0 atom stereocenters.